The molecule has 0 aliphatic rings. The molecule has 64 valence electrons. The summed E-state index contributed by atoms with van der Waals surface area (Å²) >= 11 is 0. The van der Waals surface area contributed by atoms with Gasteiger partial charge in [0.25, 0.3) is 0 Å². The molecule has 0 N–H and O–H groups in total. The second-order valence-corrected chi connectivity index (χ2v) is 2.35. The Bertz CT molecular complexity index is 357. The number of benzene rings is 1. The summed E-state index contributed by atoms with van der Waals surface area (Å²) in [4.78, 5) is 0. The molecule has 0 fully saturated rings. The highest BCUT2D eigenvalue weighted by Crippen LogP contribution is 1.93. The summed E-state index contributed by atoms with van der Waals surface area (Å²) in [5.41, 5.74) is 0.981. The first kappa shape index (κ1) is 9.39. The van der Waals surface area contributed by atoms with E-state index < -0.39 is 0 Å². The van der Waals surface area contributed by atoms with Crippen LogP contribution in [0.2, 0.25) is 0 Å². The molecule has 1 nitrogen and oxygen atoms in total. The SMILES string of the molecule is COCC#CC#Cc1ccccc1. The van der Waals surface area contributed by atoms with Crippen LogP contribution in [0.25, 0.3) is 0 Å². The molecule has 0 aliphatic heterocycles. The maximum atomic E-state index is 4.75. The largest absolute Gasteiger partial charge is 0.372 e. The highest BCUT2D eigenvalue weighted by molar-refractivity contribution is 5.39. The van der Waals surface area contributed by atoms with Crippen molar-refractivity contribution in [1.82, 2.24) is 0 Å². The molecule has 0 amide bonds. The van der Waals surface area contributed by atoms with Gasteiger partial charge in [0.05, 0.1) is 0 Å². The van der Waals surface area contributed by atoms with E-state index in [1.165, 1.54) is 0 Å². The first-order chi connectivity index (χ1) is 6.43. The molecule has 0 aromatic heterocycles. The van der Waals surface area contributed by atoms with Gasteiger partial charge in [-0.15, -0.1) is 0 Å². The van der Waals surface area contributed by atoms with Crippen molar-refractivity contribution in [1.29, 1.82) is 0 Å². The summed E-state index contributed by atoms with van der Waals surface area (Å²) in [7, 11) is 1.61. The molecule has 13 heavy (non-hydrogen) atoms. The minimum Gasteiger partial charge on any atom is -0.372 e. The van der Waals surface area contributed by atoms with E-state index in [2.05, 4.69) is 23.7 Å². The zero-order chi connectivity index (χ0) is 9.36. The number of rotatable bonds is 1. The normalized spacial score (nSPS) is 7.77. The average Bonchev–Trinajstić information content (AvgIpc) is 2.19. The number of ether oxygens (including phenoxy) is 1. The van der Waals surface area contributed by atoms with Gasteiger partial charge in [-0.05, 0) is 24.0 Å². The molecule has 1 aromatic rings. The second kappa shape index (κ2) is 5.89. The molecule has 0 spiro atoms. The van der Waals surface area contributed by atoms with Crippen LogP contribution in [0.15, 0.2) is 30.3 Å². The van der Waals surface area contributed by atoms with E-state index in [4.69, 9.17) is 4.74 Å². The van der Waals surface area contributed by atoms with E-state index in [1.54, 1.807) is 7.11 Å². The van der Waals surface area contributed by atoms with Crippen molar-refractivity contribution < 1.29 is 4.74 Å². The third kappa shape index (κ3) is 4.01. The Kier molecular flexibility index (Phi) is 4.25. The van der Waals surface area contributed by atoms with Crippen LogP contribution in [0.1, 0.15) is 5.56 Å². The summed E-state index contributed by atoms with van der Waals surface area (Å²) < 4.78 is 4.75. The monoisotopic (exact) mass is 170 g/mol. The lowest BCUT2D eigenvalue weighted by atomic mass is 10.2. The van der Waals surface area contributed by atoms with E-state index in [0.29, 0.717) is 6.61 Å². The summed E-state index contributed by atoms with van der Waals surface area (Å²) in [5.74, 6) is 11.1. The van der Waals surface area contributed by atoms with Gasteiger partial charge in [0.15, 0.2) is 0 Å². The molecule has 0 atom stereocenters. The fraction of sp³-hybridized carbons (Fsp3) is 0.167. The van der Waals surface area contributed by atoms with Crippen molar-refractivity contribution in [2.75, 3.05) is 13.7 Å². The first-order valence-corrected chi connectivity index (χ1v) is 3.96. The van der Waals surface area contributed by atoms with Gasteiger partial charge in [-0.3, -0.25) is 0 Å². The number of hydrogen-bond acceptors (Lipinski definition) is 1. The van der Waals surface area contributed by atoms with Crippen molar-refractivity contribution in [3.05, 3.63) is 35.9 Å². The maximum absolute atomic E-state index is 4.75. The van der Waals surface area contributed by atoms with Gasteiger partial charge < -0.3 is 4.74 Å². The standard InChI is InChI=1S/C12H10O/c1-13-11-7-3-6-10-12-8-4-2-5-9-12/h2,4-5,8-9H,11H2,1H3. The van der Waals surface area contributed by atoms with Gasteiger partial charge in [0, 0.05) is 12.7 Å². The van der Waals surface area contributed by atoms with Crippen molar-refractivity contribution >= 4 is 0 Å². The quantitative estimate of drug-likeness (QED) is 0.583. The Morgan fingerprint density at radius 1 is 1.15 bits per heavy atom. The third-order valence-corrected chi connectivity index (χ3v) is 1.35. The van der Waals surface area contributed by atoms with E-state index in [9.17, 15) is 0 Å². The molecule has 1 aromatic carbocycles. The molecule has 0 saturated heterocycles. The third-order valence-electron chi connectivity index (χ3n) is 1.35. The van der Waals surface area contributed by atoms with Crippen LogP contribution in [0.3, 0.4) is 0 Å². The van der Waals surface area contributed by atoms with Gasteiger partial charge in [0.2, 0.25) is 0 Å². The second-order valence-electron chi connectivity index (χ2n) is 2.35. The topological polar surface area (TPSA) is 9.23 Å². The highest BCUT2D eigenvalue weighted by atomic mass is 16.5. The smallest absolute Gasteiger partial charge is 0.108 e. The minimum atomic E-state index is 0.434. The van der Waals surface area contributed by atoms with Crippen LogP contribution in [0.5, 0.6) is 0 Å². The molecule has 0 aliphatic carbocycles. The van der Waals surface area contributed by atoms with Gasteiger partial charge in [-0.25, -0.2) is 0 Å². The van der Waals surface area contributed by atoms with Crippen LogP contribution in [-0.4, -0.2) is 13.7 Å². The van der Waals surface area contributed by atoms with Crippen LogP contribution >= 0.6 is 0 Å². The van der Waals surface area contributed by atoms with Crippen molar-refractivity contribution in [3.63, 3.8) is 0 Å². The van der Waals surface area contributed by atoms with Crippen LogP contribution in [0, 0.1) is 23.7 Å². The van der Waals surface area contributed by atoms with Gasteiger partial charge >= 0.3 is 0 Å². The molecule has 0 unspecified atom stereocenters. The van der Waals surface area contributed by atoms with Gasteiger partial charge in [-0.2, -0.15) is 0 Å². The summed E-state index contributed by atoms with van der Waals surface area (Å²) in [5, 5.41) is 0. The summed E-state index contributed by atoms with van der Waals surface area (Å²) in [6.07, 6.45) is 0. The Hall–Kier alpha value is -1.70. The zero-order valence-corrected chi connectivity index (χ0v) is 7.50. The lowest BCUT2D eigenvalue weighted by Crippen LogP contribution is -1.79. The summed E-state index contributed by atoms with van der Waals surface area (Å²) in [6.45, 7) is 0.434. The van der Waals surface area contributed by atoms with Crippen molar-refractivity contribution in [2.24, 2.45) is 0 Å². The molecule has 0 radical (unpaired) electrons. The fourth-order valence-corrected chi connectivity index (χ4v) is 0.777. The van der Waals surface area contributed by atoms with Gasteiger partial charge in [-0.1, -0.05) is 30.0 Å². The maximum Gasteiger partial charge on any atom is 0.108 e. The predicted molar refractivity (Wildman–Crippen MR) is 53.0 cm³/mol. The molecule has 0 bridgehead atoms. The van der Waals surface area contributed by atoms with E-state index in [1.807, 2.05) is 30.3 Å². The van der Waals surface area contributed by atoms with Gasteiger partial charge in [0.1, 0.15) is 6.61 Å². The molecule has 1 rings (SSSR count). The Labute approximate surface area is 78.7 Å². The van der Waals surface area contributed by atoms with Crippen LogP contribution < -0.4 is 0 Å². The number of hydrogen-bond donors (Lipinski definition) is 0. The van der Waals surface area contributed by atoms with E-state index in [0.717, 1.165) is 5.56 Å². The molecular formula is C12H10O. The van der Waals surface area contributed by atoms with Crippen molar-refractivity contribution in [3.8, 4) is 23.7 Å². The van der Waals surface area contributed by atoms with Crippen LogP contribution in [-0.2, 0) is 4.74 Å². The number of methoxy groups -OCH3 is 1. The average molecular weight is 170 g/mol. The molecule has 1 heteroatoms. The Morgan fingerprint density at radius 2 is 1.92 bits per heavy atom. The minimum absolute atomic E-state index is 0.434. The first-order valence-electron chi connectivity index (χ1n) is 3.96. The fourth-order valence-electron chi connectivity index (χ4n) is 0.777. The lowest BCUT2D eigenvalue weighted by Gasteiger charge is -1.83. The zero-order valence-electron chi connectivity index (χ0n) is 7.50. The molecule has 0 heterocycles. The van der Waals surface area contributed by atoms with Crippen molar-refractivity contribution in [2.45, 2.75) is 0 Å². The highest BCUT2D eigenvalue weighted by Gasteiger charge is 1.78. The Balaban J connectivity index is 2.55. The molecular weight excluding hydrogens is 160 g/mol. The van der Waals surface area contributed by atoms with Crippen LogP contribution in [0.4, 0.5) is 0 Å². The van der Waals surface area contributed by atoms with E-state index in [-0.39, 0.29) is 0 Å². The Morgan fingerprint density at radius 3 is 2.62 bits per heavy atom. The summed E-state index contributed by atoms with van der Waals surface area (Å²) in [6, 6.07) is 9.76. The lowest BCUT2D eigenvalue weighted by molar-refractivity contribution is 0.240. The molecule has 0 saturated carbocycles. The predicted octanol–water partition coefficient (Wildman–Crippen LogP) is 1.69. The van der Waals surface area contributed by atoms with E-state index >= 15 is 0 Å².